The zero-order valence-electron chi connectivity index (χ0n) is 17.2. The Bertz CT molecular complexity index is 1170. The number of benzene rings is 1. The van der Waals surface area contributed by atoms with Crippen molar-refractivity contribution in [2.75, 3.05) is 10.6 Å². The second-order valence-corrected chi connectivity index (χ2v) is 6.97. The first-order chi connectivity index (χ1) is 14.5. The average molecular weight is 400 g/mol. The lowest BCUT2D eigenvalue weighted by molar-refractivity contribution is 0.880. The maximum absolute atomic E-state index is 11.9. The number of nitrogens with zero attached hydrogens (tertiary/aromatic N) is 2. The highest BCUT2D eigenvalue weighted by Gasteiger charge is 2.22. The normalized spacial score (nSPS) is 11.3. The molecule has 0 bridgehead atoms. The molecule has 30 heavy (non-hydrogen) atoms. The van der Waals surface area contributed by atoms with Crippen LogP contribution in [0.25, 0.3) is 0 Å². The minimum Gasteiger partial charge on any atom is -0.373 e. The Kier molecular flexibility index (Phi) is 6.70. The molecule has 152 valence electrons. The molecule has 0 aliphatic heterocycles. The van der Waals surface area contributed by atoms with Crippen molar-refractivity contribution in [1.29, 1.82) is 0 Å². The minimum absolute atomic E-state index is 0.0702. The predicted octanol–water partition coefficient (Wildman–Crippen LogP) is 4.29. The van der Waals surface area contributed by atoms with Crippen LogP contribution in [0.15, 0.2) is 82.6 Å². The Hall–Kier alpha value is -3.80. The summed E-state index contributed by atoms with van der Waals surface area (Å²) in [6.07, 6.45) is 3.44. The number of nitrogens with one attached hydrogen (secondary N) is 2. The monoisotopic (exact) mass is 400 g/mol. The largest absolute Gasteiger partial charge is 0.373 e. The molecule has 1 atom stereocenters. The van der Waals surface area contributed by atoms with Crippen molar-refractivity contribution >= 4 is 17.1 Å². The van der Waals surface area contributed by atoms with Gasteiger partial charge in [0, 0.05) is 35.5 Å². The van der Waals surface area contributed by atoms with E-state index < -0.39 is 10.9 Å². The van der Waals surface area contributed by atoms with E-state index >= 15 is 0 Å². The Morgan fingerprint density at radius 3 is 2.03 bits per heavy atom. The van der Waals surface area contributed by atoms with Gasteiger partial charge in [0.2, 0.25) is 0 Å². The van der Waals surface area contributed by atoms with Crippen LogP contribution in [0.4, 0.5) is 17.1 Å². The van der Waals surface area contributed by atoms with Gasteiger partial charge in [0.1, 0.15) is 11.4 Å². The van der Waals surface area contributed by atoms with Crippen molar-refractivity contribution in [3.63, 3.8) is 0 Å². The molecular weight excluding hydrogens is 376 g/mol. The summed E-state index contributed by atoms with van der Waals surface area (Å²) in [5.74, 6) is 0. The Labute approximate surface area is 175 Å². The fourth-order valence-corrected chi connectivity index (χ4v) is 2.91. The second kappa shape index (κ2) is 9.60. The van der Waals surface area contributed by atoms with Gasteiger partial charge in [0.25, 0.3) is 10.9 Å². The number of aromatic nitrogens is 2. The molecule has 2 aromatic carbocycles. The molecule has 2 heterocycles. The molecule has 2 N–H and O–H groups in total. The standard InChI is InChI=1S/C18H17N3O2.C6H7N/c1-11-10-14(8-9-19-11)21-16-15(17(22)18(16)23)20-12(2)13-6-4-3-5-7-13;1-6-4-2-3-5-7-6/h3-10,12,20H,1-2H3,(H,19,21);2-5H,1H3/t12-;/m1./s1. The molecule has 0 radical (unpaired) electrons. The number of rotatable bonds is 5. The van der Waals surface area contributed by atoms with Crippen molar-refractivity contribution in [2.24, 2.45) is 0 Å². The van der Waals surface area contributed by atoms with E-state index in [4.69, 9.17) is 0 Å². The van der Waals surface area contributed by atoms with Crippen LogP contribution < -0.4 is 21.5 Å². The van der Waals surface area contributed by atoms with E-state index in [-0.39, 0.29) is 6.04 Å². The Morgan fingerprint density at radius 2 is 1.43 bits per heavy atom. The maximum atomic E-state index is 11.9. The summed E-state index contributed by atoms with van der Waals surface area (Å²) in [6, 6.07) is 19.1. The Morgan fingerprint density at radius 1 is 0.767 bits per heavy atom. The van der Waals surface area contributed by atoms with Crippen molar-refractivity contribution < 1.29 is 0 Å². The Balaban J connectivity index is 0.000000310. The van der Waals surface area contributed by atoms with Gasteiger partial charge in [-0.05, 0) is 50.6 Å². The van der Waals surface area contributed by atoms with Crippen LogP contribution in [-0.4, -0.2) is 9.97 Å². The van der Waals surface area contributed by atoms with Crippen LogP contribution in [-0.2, 0) is 0 Å². The second-order valence-electron chi connectivity index (χ2n) is 6.97. The molecule has 4 rings (SSSR count). The van der Waals surface area contributed by atoms with Gasteiger partial charge >= 0.3 is 0 Å². The lowest BCUT2D eigenvalue weighted by Gasteiger charge is -2.20. The van der Waals surface area contributed by atoms with E-state index in [1.807, 2.05) is 75.4 Å². The number of aryl methyl sites for hydroxylation is 2. The third-order valence-corrected chi connectivity index (χ3v) is 4.55. The van der Waals surface area contributed by atoms with Gasteiger partial charge in [-0.25, -0.2) is 0 Å². The molecular formula is C24H24N4O2. The van der Waals surface area contributed by atoms with Gasteiger partial charge < -0.3 is 10.6 Å². The van der Waals surface area contributed by atoms with Crippen molar-refractivity contribution in [2.45, 2.75) is 26.8 Å². The van der Waals surface area contributed by atoms with Gasteiger partial charge in [0.15, 0.2) is 0 Å². The number of pyridine rings is 2. The number of hydrogen-bond donors (Lipinski definition) is 2. The van der Waals surface area contributed by atoms with E-state index in [0.717, 1.165) is 22.6 Å². The van der Waals surface area contributed by atoms with Crippen LogP contribution >= 0.6 is 0 Å². The van der Waals surface area contributed by atoms with Crippen molar-refractivity contribution in [3.05, 3.63) is 110 Å². The van der Waals surface area contributed by atoms with Gasteiger partial charge in [-0.3, -0.25) is 19.6 Å². The predicted molar refractivity (Wildman–Crippen MR) is 121 cm³/mol. The summed E-state index contributed by atoms with van der Waals surface area (Å²) in [6.45, 7) is 5.79. The minimum atomic E-state index is -0.498. The SMILES string of the molecule is Cc1cc(Nc2c(N[C@H](C)c3ccccc3)c(=O)c2=O)ccn1.Cc1ccccn1. The molecule has 6 heteroatoms. The first-order valence-corrected chi connectivity index (χ1v) is 9.68. The van der Waals surface area contributed by atoms with Crippen molar-refractivity contribution in [3.8, 4) is 0 Å². The van der Waals surface area contributed by atoms with E-state index in [1.54, 1.807) is 18.5 Å². The molecule has 4 aromatic rings. The van der Waals surface area contributed by atoms with E-state index in [0.29, 0.717) is 11.4 Å². The zero-order chi connectivity index (χ0) is 21.5. The van der Waals surface area contributed by atoms with Gasteiger partial charge in [-0.15, -0.1) is 0 Å². The molecule has 0 spiro atoms. The fourth-order valence-electron chi connectivity index (χ4n) is 2.91. The van der Waals surface area contributed by atoms with Crippen LogP contribution in [0.1, 0.15) is 29.9 Å². The van der Waals surface area contributed by atoms with Gasteiger partial charge in [0.05, 0.1) is 0 Å². The van der Waals surface area contributed by atoms with Crippen molar-refractivity contribution in [1.82, 2.24) is 9.97 Å². The smallest absolute Gasteiger partial charge is 0.253 e. The lowest BCUT2D eigenvalue weighted by Crippen LogP contribution is -2.37. The highest BCUT2D eigenvalue weighted by atomic mass is 16.2. The summed E-state index contributed by atoms with van der Waals surface area (Å²) in [4.78, 5) is 31.8. The maximum Gasteiger partial charge on any atom is 0.253 e. The van der Waals surface area contributed by atoms with Gasteiger partial charge in [-0.1, -0.05) is 36.4 Å². The van der Waals surface area contributed by atoms with Gasteiger partial charge in [-0.2, -0.15) is 0 Å². The average Bonchev–Trinajstić information content (AvgIpc) is 2.77. The summed E-state index contributed by atoms with van der Waals surface area (Å²) in [7, 11) is 0. The molecule has 0 saturated heterocycles. The van der Waals surface area contributed by atoms with E-state index in [9.17, 15) is 9.59 Å². The highest BCUT2D eigenvalue weighted by molar-refractivity contribution is 5.79. The first kappa shape index (κ1) is 20.9. The van der Waals surface area contributed by atoms with Crippen LogP contribution in [0, 0.1) is 13.8 Å². The van der Waals surface area contributed by atoms with Crippen LogP contribution in [0.2, 0.25) is 0 Å². The summed E-state index contributed by atoms with van der Waals surface area (Å²) >= 11 is 0. The summed E-state index contributed by atoms with van der Waals surface area (Å²) in [5.41, 5.74) is 3.35. The molecule has 0 saturated carbocycles. The van der Waals surface area contributed by atoms with E-state index in [2.05, 4.69) is 20.6 Å². The summed E-state index contributed by atoms with van der Waals surface area (Å²) in [5, 5.41) is 6.14. The third-order valence-electron chi connectivity index (χ3n) is 4.55. The molecule has 0 aliphatic carbocycles. The van der Waals surface area contributed by atoms with E-state index in [1.165, 1.54) is 0 Å². The van der Waals surface area contributed by atoms with Crippen LogP contribution in [0.3, 0.4) is 0 Å². The topological polar surface area (TPSA) is 84.0 Å². The third kappa shape index (κ3) is 5.17. The molecule has 0 aliphatic rings. The molecule has 0 amide bonds. The molecule has 0 fully saturated rings. The first-order valence-electron chi connectivity index (χ1n) is 9.68. The van der Waals surface area contributed by atoms with Crippen LogP contribution in [0.5, 0.6) is 0 Å². The molecule has 2 aromatic heterocycles. The number of hydrogen-bond acceptors (Lipinski definition) is 6. The highest BCUT2D eigenvalue weighted by Crippen LogP contribution is 2.25. The number of anilines is 3. The molecule has 0 unspecified atom stereocenters. The summed E-state index contributed by atoms with van der Waals surface area (Å²) < 4.78 is 0. The molecule has 6 nitrogen and oxygen atoms in total. The zero-order valence-corrected chi connectivity index (χ0v) is 17.2. The quantitative estimate of drug-likeness (QED) is 0.486. The lowest BCUT2D eigenvalue weighted by atomic mass is 10.1. The fraction of sp³-hybridized carbons (Fsp3) is 0.167.